The van der Waals surface area contributed by atoms with Crippen LogP contribution < -0.4 is 0 Å². The van der Waals surface area contributed by atoms with Crippen LogP contribution in [0.15, 0.2) is 40.2 Å². The minimum absolute atomic E-state index is 0.0678. The number of rotatable bonds is 2. The number of hydrogen-bond acceptors (Lipinski definition) is 10. The Hall–Kier alpha value is -1.36. The Labute approximate surface area is 154 Å². The maximum absolute atomic E-state index is 11.9. The quantitative estimate of drug-likeness (QED) is 0.566. The Bertz CT molecular complexity index is 751. The van der Waals surface area contributed by atoms with Crippen LogP contribution in [0.4, 0.5) is 0 Å². The number of phenolic OH excluding ortho intramolecular Hbond substituents is 2. The van der Waals surface area contributed by atoms with E-state index in [9.17, 15) is 19.8 Å². The molecule has 0 aliphatic carbocycles. The first-order valence-corrected chi connectivity index (χ1v) is 9.64. The van der Waals surface area contributed by atoms with Crippen LogP contribution in [0.5, 0.6) is 11.5 Å². The number of carbonyl (C=O) groups is 2. The second-order valence-electron chi connectivity index (χ2n) is 4.39. The summed E-state index contributed by atoms with van der Waals surface area (Å²) in [5, 5.41) is 19.9. The minimum atomic E-state index is -0.611. The van der Waals surface area contributed by atoms with Gasteiger partial charge < -0.3 is 19.7 Å². The van der Waals surface area contributed by atoms with Crippen molar-refractivity contribution in [3.8, 4) is 11.5 Å². The molecule has 0 spiro atoms. The molecule has 3 rings (SSSR count). The third-order valence-electron chi connectivity index (χ3n) is 2.96. The van der Waals surface area contributed by atoms with Crippen molar-refractivity contribution in [1.29, 1.82) is 0 Å². The fourth-order valence-electron chi connectivity index (χ4n) is 1.87. The molecule has 2 aliphatic heterocycles. The first kappa shape index (κ1) is 17.5. The molecular formula is C14H10O6S4. The van der Waals surface area contributed by atoms with E-state index in [4.69, 9.17) is 9.47 Å². The van der Waals surface area contributed by atoms with E-state index < -0.39 is 11.9 Å². The molecule has 6 nitrogen and oxygen atoms in total. The number of thioether (sulfide) groups is 4. The van der Waals surface area contributed by atoms with Crippen molar-refractivity contribution in [2.45, 2.75) is 9.79 Å². The average Bonchev–Trinajstić information content (AvgIpc) is 3.21. The largest absolute Gasteiger partial charge is 0.507 e. The van der Waals surface area contributed by atoms with Gasteiger partial charge in [0.05, 0.1) is 32.5 Å². The van der Waals surface area contributed by atoms with Gasteiger partial charge in [0.1, 0.15) is 21.3 Å². The summed E-state index contributed by atoms with van der Waals surface area (Å²) in [6, 6.07) is 2.84. The molecule has 2 aliphatic rings. The molecule has 0 atom stereocenters. The third kappa shape index (κ3) is 2.99. The first-order valence-electron chi connectivity index (χ1n) is 6.37. The molecule has 2 N–H and O–H groups in total. The molecule has 0 unspecified atom stereocenters. The van der Waals surface area contributed by atoms with E-state index in [1.807, 2.05) is 0 Å². The van der Waals surface area contributed by atoms with Crippen molar-refractivity contribution in [3.05, 3.63) is 30.4 Å². The zero-order valence-electron chi connectivity index (χ0n) is 12.3. The van der Waals surface area contributed by atoms with Crippen LogP contribution in [0.1, 0.15) is 0 Å². The third-order valence-corrected chi connectivity index (χ3v) is 8.68. The maximum atomic E-state index is 11.9. The molecule has 0 bridgehead atoms. The standard InChI is InChI=1S/C14H10O6S4/c1-19-11(17)9-10(12(18)20-2)24-14(23-9)13-21-7-5(15)3-4-6(16)8(7)22-13/h3-4,15-16H,1-2H3. The topological polar surface area (TPSA) is 93.1 Å². The van der Waals surface area contributed by atoms with Gasteiger partial charge in [0.25, 0.3) is 0 Å². The second kappa shape index (κ2) is 6.87. The highest BCUT2D eigenvalue weighted by molar-refractivity contribution is 8.33. The Kier molecular flexibility index (Phi) is 5.00. The van der Waals surface area contributed by atoms with Crippen LogP contribution in [-0.2, 0) is 19.1 Å². The van der Waals surface area contributed by atoms with Gasteiger partial charge in [0.15, 0.2) is 0 Å². The van der Waals surface area contributed by atoms with Crippen molar-refractivity contribution in [2.24, 2.45) is 0 Å². The number of esters is 2. The number of fused-ring (bicyclic) bond motifs is 1. The number of aromatic hydroxyl groups is 2. The fraction of sp³-hybridized carbons (Fsp3) is 0.143. The first-order chi connectivity index (χ1) is 11.5. The van der Waals surface area contributed by atoms with Gasteiger partial charge in [-0.15, -0.1) is 0 Å². The number of phenols is 2. The molecule has 1 aromatic rings. The molecule has 0 fully saturated rings. The van der Waals surface area contributed by atoms with Gasteiger partial charge in [-0.05, 0) is 12.1 Å². The van der Waals surface area contributed by atoms with Crippen molar-refractivity contribution in [3.63, 3.8) is 0 Å². The molecule has 0 radical (unpaired) electrons. The van der Waals surface area contributed by atoms with E-state index in [1.54, 1.807) is 0 Å². The van der Waals surface area contributed by atoms with Crippen LogP contribution in [0, 0.1) is 0 Å². The predicted molar refractivity (Wildman–Crippen MR) is 94.8 cm³/mol. The minimum Gasteiger partial charge on any atom is -0.507 e. The molecule has 1 aromatic carbocycles. The van der Waals surface area contributed by atoms with Crippen LogP contribution in [0.25, 0.3) is 0 Å². The Balaban J connectivity index is 1.95. The molecule has 0 aromatic heterocycles. The summed E-state index contributed by atoms with van der Waals surface area (Å²) in [7, 11) is 2.48. The van der Waals surface area contributed by atoms with Gasteiger partial charge in [-0.1, -0.05) is 47.0 Å². The number of methoxy groups -OCH3 is 2. The number of benzene rings is 1. The Morgan fingerprint density at radius 1 is 0.792 bits per heavy atom. The van der Waals surface area contributed by atoms with E-state index in [-0.39, 0.29) is 21.3 Å². The maximum Gasteiger partial charge on any atom is 0.346 e. The van der Waals surface area contributed by atoms with Gasteiger partial charge in [-0.25, -0.2) is 9.59 Å². The summed E-state index contributed by atoms with van der Waals surface area (Å²) >= 11 is 4.79. The van der Waals surface area contributed by atoms with E-state index in [2.05, 4.69) is 0 Å². The SMILES string of the molecule is COC(=O)C1=C(C(=O)OC)SC(=C2Sc3c(O)ccc(O)c3S2)S1. The molecule has 0 saturated carbocycles. The molecule has 0 saturated heterocycles. The second-order valence-corrected chi connectivity index (χ2v) is 8.99. The molecule has 0 amide bonds. The van der Waals surface area contributed by atoms with Crippen molar-refractivity contribution in [2.75, 3.05) is 14.2 Å². The number of hydrogen-bond donors (Lipinski definition) is 2. The Morgan fingerprint density at radius 2 is 1.17 bits per heavy atom. The normalized spacial score (nSPS) is 16.4. The molecular weight excluding hydrogens is 392 g/mol. The summed E-state index contributed by atoms with van der Waals surface area (Å²) in [4.78, 5) is 25.2. The van der Waals surface area contributed by atoms with E-state index in [0.717, 1.165) is 27.8 Å². The monoisotopic (exact) mass is 402 g/mol. The Morgan fingerprint density at radius 3 is 1.54 bits per heavy atom. The summed E-state index contributed by atoms with van der Waals surface area (Å²) < 4.78 is 10.9. The van der Waals surface area contributed by atoms with Gasteiger partial charge in [-0.2, -0.15) is 0 Å². The zero-order chi connectivity index (χ0) is 17.4. The highest BCUT2D eigenvalue weighted by Crippen LogP contribution is 2.63. The molecule has 10 heteroatoms. The molecule has 126 valence electrons. The van der Waals surface area contributed by atoms with Crippen molar-refractivity contribution >= 4 is 59.0 Å². The van der Waals surface area contributed by atoms with Gasteiger partial charge in [0, 0.05) is 0 Å². The van der Waals surface area contributed by atoms with Crippen LogP contribution >= 0.6 is 47.0 Å². The average molecular weight is 402 g/mol. The summed E-state index contributed by atoms with van der Waals surface area (Å²) in [5.41, 5.74) is 0. The van der Waals surface area contributed by atoms with Crippen molar-refractivity contribution in [1.82, 2.24) is 0 Å². The summed E-state index contributed by atoms with van der Waals surface area (Å²) in [5.74, 6) is -1.09. The zero-order valence-corrected chi connectivity index (χ0v) is 15.6. The van der Waals surface area contributed by atoms with Crippen LogP contribution in [0.2, 0.25) is 0 Å². The van der Waals surface area contributed by atoms with Gasteiger partial charge in [0.2, 0.25) is 0 Å². The summed E-state index contributed by atoms with van der Waals surface area (Å²) in [6.45, 7) is 0. The summed E-state index contributed by atoms with van der Waals surface area (Å²) in [6.07, 6.45) is 0. The fourth-order valence-corrected chi connectivity index (χ4v) is 7.20. The lowest BCUT2D eigenvalue weighted by Crippen LogP contribution is -2.08. The van der Waals surface area contributed by atoms with Crippen LogP contribution in [0.3, 0.4) is 0 Å². The lowest BCUT2D eigenvalue weighted by Gasteiger charge is -2.00. The van der Waals surface area contributed by atoms with E-state index >= 15 is 0 Å². The molecule has 24 heavy (non-hydrogen) atoms. The highest BCUT2D eigenvalue weighted by Gasteiger charge is 2.36. The lowest BCUT2D eigenvalue weighted by atomic mass is 10.3. The number of ether oxygens (including phenoxy) is 2. The van der Waals surface area contributed by atoms with Crippen LogP contribution in [-0.4, -0.2) is 36.4 Å². The van der Waals surface area contributed by atoms with Gasteiger partial charge in [-0.3, -0.25) is 0 Å². The van der Waals surface area contributed by atoms with E-state index in [0.29, 0.717) is 14.0 Å². The highest BCUT2D eigenvalue weighted by atomic mass is 32.2. The van der Waals surface area contributed by atoms with Crippen molar-refractivity contribution < 1.29 is 29.3 Å². The molecule has 2 heterocycles. The lowest BCUT2D eigenvalue weighted by molar-refractivity contribution is -0.138. The van der Waals surface area contributed by atoms with E-state index in [1.165, 1.54) is 49.9 Å². The number of carbonyl (C=O) groups excluding carboxylic acids is 2. The van der Waals surface area contributed by atoms with Gasteiger partial charge >= 0.3 is 11.9 Å². The predicted octanol–water partition coefficient (Wildman–Crippen LogP) is 3.46. The smallest absolute Gasteiger partial charge is 0.346 e.